The number of amides is 4. The van der Waals surface area contributed by atoms with E-state index < -0.39 is 78.5 Å². The van der Waals surface area contributed by atoms with Crippen molar-refractivity contribution in [2.24, 2.45) is 17.4 Å². The van der Waals surface area contributed by atoms with Gasteiger partial charge < -0.3 is 42.6 Å². The summed E-state index contributed by atoms with van der Waals surface area (Å²) >= 11 is 0. The lowest BCUT2D eigenvalue weighted by molar-refractivity contribution is -0.145. The normalized spacial score (nSPS) is 15.1. The summed E-state index contributed by atoms with van der Waals surface area (Å²) in [6.07, 6.45) is 1.82. The zero-order chi connectivity index (χ0) is 26.7. The van der Waals surface area contributed by atoms with Gasteiger partial charge in [-0.1, -0.05) is 20.3 Å². The summed E-state index contributed by atoms with van der Waals surface area (Å²) in [5, 5.41) is 25.1. The summed E-state index contributed by atoms with van der Waals surface area (Å²) in [6.45, 7) is 3.41. The Labute approximate surface area is 200 Å². The molecule has 0 fully saturated rings. The number of primary amides is 1. The monoisotopic (exact) mass is 497 g/mol. The van der Waals surface area contributed by atoms with Crippen molar-refractivity contribution in [3.8, 4) is 0 Å². The molecular weight excluding hydrogens is 466 g/mol. The van der Waals surface area contributed by atoms with E-state index in [4.69, 9.17) is 21.7 Å². The number of carbonyl (C=O) groups excluding carboxylic acids is 4. The molecular formula is C20H31N7O8. The van der Waals surface area contributed by atoms with E-state index in [1.807, 2.05) is 5.32 Å². The third kappa shape index (κ3) is 9.79. The molecule has 15 nitrogen and oxygen atoms in total. The second kappa shape index (κ2) is 13.6. The Bertz CT molecular complexity index is 921. The van der Waals surface area contributed by atoms with E-state index >= 15 is 0 Å². The number of nitrogens with zero attached hydrogens (tertiary/aromatic N) is 1. The molecule has 4 amide bonds. The fourth-order valence-corrected chi connectivity index (χ4v) is 3.01. The highest BCUT2D eigenvalue weighted by Gasteiger charge is 2.33. The fourth-order valence-electron chi connectivity index (χ4n) is 3.01. The Morgan fingerprint density at radius 2 is 1.63 bits per heavy atom. The van der Waals surface area contributed by atoms with Crippen LogP contribution in [0, 0.1) is 5.92 Å². The molecule has 1 heterocycles. The second-order valence-electron chi connectivity index (χ2n) is 7.99. The first-order chi connectivity index (χ1) is 16.3. The molecule has 0 saturated carbocycles. The molecule has 10 N–H and O–H groups in total. The molecule has 0 bridgehead atoms. The Hall–Kier alpha value is -4.01. The van der Waals surface area contributed by atoms with Crippen molar-refractivity contribution in [2.75, 3.05) is 0 Å². The zero-order valence-corrected chi connectivity index (χ0v) is 19.3. The first kappa shape index (κ1) is 29.0. The van der Waals surface area contributed by atoms with Crippen LogP contribution in [0.5, 0.6) is 0 Å². The maximum absolute atomic E-state index is 13.0. The van der Waals surface area contributed by atoms with Crippen molar-refractivity contribution in [3.05, 3.63) is 18.2 Å². The highest BCUT2D eigenvalue weighted by molar-refractivity contribution is 5.96. The average Bonchev–Trinajstić information content (AvgIpc) is 3.27. The van der Waals surface area contributed by atoms with Gasteiger partial charge in [0.25, 0.3) is 0 Å². The number of rotatable bonds is 15. The quantitative estimate of drug-likeness (QED) is 0.123. The smallest absolute Gasteiger partial charge is 0.326 e. The molecule has 5 atom stereocenters. The van der Waals surface area contributed by atoms with E-state index in [1.54, 1.807) is 13.8 Å². The number of carboxylic acids is 2. The molecule has 0 aromatic carbocycles. The van der Waals surface area contributed by atoms with Crippen LogP contribution >= 0.6 is 0 Å². The standard InChI is InChI=1S/C20H31N7O8/c1-3-9(2)16(27-17(31)11(21)4-10-7-23-8-24-10)19(33)25-12(6-15(29)30)18(32)26-13(20(34)35)5-14(22)28/h7-9,11-13,16H,3-6,21H2,1-2H3,(H2,22,28)(H,23,24)(H,25,33)(H,26,32)(H,27,31)(H,29,30)(H,34,35). The Morgan fingerprint density at radius 3 is 2.11 bits per heavy atom. The number of H-pyrrole nitrogens is 1. The minimum atomic E-state index is -1.72. The third-order valence-electron chi connectivity index (χ3n) is 5.16. The Balaban J connectivity index is 2.99. The third-order valence-corrected chi connectivity index (χ3v) is 5.16. The van der Waals surface area contributed by atoms with Gasteiger partial charge in [-0.3, -0.25) is 24.0 Å². The second-order valence-corrected chi connectivity index (χ2v) is 7.99. The van der Waals surface area contributed by atoms with Crippen LogP contribution in [-0.4, -0.2) is 79.9 Å². The molecule has 15 heteroatoms. The van der Waals surface area contributed by atoms with Crippen LogP contribution in [0.3, 0.4) is 0 Å². The van der Waals surface area contributed by atoms with Gasteiger partial charge in [-0.2, -0.15) is 0 Å². The van der Waals surface area contributed by atoms with Gasteiger partial charge in [-0.25, -0.2) is 9.78 Å². The fraction of sp³-hybridized carbons (Fsp3) is 0.550. The average molecular weight is 498 g/mol. The number of nitrogens with one attached hydrogen (secondary N) is 4. The molecule has 0 aliphatic heterocycles. The van der Waals surface area contributed by atoms with Gasteiger partial charge in [-0.05, 0) is 5.92 Å². The van der Waals surface area contributed by atoms with Crippen LogP contribution in [0.15, 0.2) is 12.5 Å². The van der Waals surface area contributed by atoms with Crippen molar-refractivity contribution in [1.29, 1.82) is 0 Å². The molecule has 0 radical (unpaired) electrons. The summed E-state index contributed by atoms with van der Waals surface area (Å²) in [7, 11) is 0. The van der Waals surface area contributed by atoms with Crippen LogP contribution in [0.4, 0.5) is 0 Å². The molecule has 0 aliphatic rings. The van der Waals surface area contributed by atoms with Gasteiger partial charge in [-0.15, -0.1) is 0 Å². The molecule has 194 valence electrons. The highest BCUT2D eigenvalue weighted by atomic mass is 16.4. The number of aromatic amines is 1. The summed E-state index contributed by atoms with van der Waals surface area (Å²) in [5.41, 5.74) is 11.5. The summed E-state index contributed by atoms with van der Waals surface area (Å²) in [4.78, 5) is 78.4. The number of aromatic nitrogens is 2. The van der Waals surface area contributed by atoms with Gasteiger partial charge in [0.2, 0.25) is 23.6 Å². The van der Waals surface area contributed by atoms with E-state index in [1.165, 1.54) is 12.5 Å². The van der Waals surface area contributed by atoms with Crippen LogP contribution in [0.2, 0.25) is 0 Å². The SMILES string of the molecule is CCC(C)C(NC(=O)C(N)Cc1cnc[nH]1)C(=O)NC(CC(=O)O)C(=O)NC(CC(N)=O)C(=O)O. The maximum Gasteiger partial charge on any atom is 0.326 e. The lowest BCUT2D eigenvalue weighted by Crippen LogP contribution is -2.59. The van der Waals surface area contributed by atoms with E-state index in [0.717, 1.165) is 0 Å². The largest absolute Gasteiger partial charge is 0.481 e. The maximum atomic E-state index is 13.0. The van der Waals surface area contributed by atoms with Gasteiger partial charge >= 0.3 is 11.9 Å². The number of imidazole rings is 1. The number of carboxylic acid groups (broad SMARTS) is 2. The van der Waals surface area contributed by atoms with Crippen molar-refractivity contribution in [1.82, 2.24) is 25.9 Å². The van der Waals surface area contributed by atoms with Crippen LogP contribution in [-0.2, 0) is 35.2 Å². The van der Waals surface area contributed by atoms with E-state index in [0.29, 0.717) is 12.1 Å². The number of hydrogen-bond acceptors (Lipinski definition) is 8. The lowest BCUT2D eigenvalue weighted by atomic mass is 9.97. The molecule has 5 unspecified atom stereocenters. The first-order valence-corrected chi connectivity index (χ1v) is 10.7. The number of nitrogens with two attached hydrogens (primary N) is 2. The predicted octanol–water partition coefficient (Wildman–Crippen LogP) is -2.79. The molecule has 0 saturated heterocycles. The van der Waals surface area contributed by atoms with E-state index in [-0.39, 0.29) is 6.42 Å². The van der Waals surface area contributed by atoms with Gasteiger partial charge in [0.05, 0.1) is 25.2 Å². The van der Waals surface area contributed by atoms with Crippen molar-refractivity contribution in [2.45, 2.75) is 63.7 Å². The predicted molar refractivity (Wildman–Crippen MR) is 119 cm³/mol. The van der Waals surface area contributed by atoms with Crippen LogP contribution < -0.4 is 27.4 Å². The zero-order valence-electron chi connectivity index (χ0n) is 19.3. The summed E-state index contributed by atoms with van der Waals surface area (Å²) in [5.74, 6) is -7.17. The van der Waals surface area contributed by atoms with Crippen molar-refractivity contribution >= 4 is 35.6 Å². The molecule has 1 aromatic rings. The molecule has 1 aromatic heterocycles. The topological polar surface area (TPSA) is 260 Å². The minimum Gasteiger partial charge on any atom is -0.481 e. The van der Waals surface area contributed by atoms with Gasteiger partial charge in [0, 0.05) is 18.3 Å². The minimum absolute atomic E-state index is 0.112. The number of carbonyl (C=O) groups is 6. The summed E-state index contributed by atoms with van der Waals surface area (Å²) in [6, 6.07) is -5.63. The van der Waals surface area contributed by atoms with E-state index in [2.05, 4.69) is 20.6 Å². The van der Waals surface area contributed by atoms with Crippen LogP contribution in [0.25, 0.3) is 0 Å². The number of aliphatic carboxylic acids is 2. The highest BCUT2D eigenvalue weighted by Crippen LogP contribution is 2.10. The summed E-state index contributed by atoms with van der Waals surface area (Å²) < 4.78 is 0. The lowest BCUT2D eigenvalue weighted by Gasteiger charge is -2.27. The van der Waals surface area contributed by atoms with Crippen LogP contribution in [0.1, 0.15) is 38.8 Å². The van der Waals surface area contributed by atoms with E-state index in [9.17, 15) is 28.8 Å². The number of hydrogen-bond donors (Lipinski definition) is 8. The Kier molecular flexibility index (Phi) is 11.3. The molecule has 1 rings (SSSR count). The Morgan fingerprint density at radius 1 is 1.00 bits per heavy atom. The van der Waals surface area contributed by atoms with Crippen molar-refractivity contribution < 1.29 is 39.0 Å². The van der Waals surface area contributed by atoms with Gasteiger partial charge in [0.15, 0.2) is 0 Å². The first-order valence-electron chi connectivity index (χ1n) is 10.7. The molecule has 35 heavy (non-hydrogen) atoms. The van der Waals surface area contributed by atoms with Crippen molar-refractivity contribution in [3.63, 3.8) is 0 Å². The molecule has 0 spiro atoms. The van der Waals surface area contributed by atoms with Gasteiger partial charge in [0.1, 0.15) is 18.1 Å². The molecule has 0 aliphatic carbocycles.